The highest BCUT2D eigenvalue weighted by molar-refractivity contribution is 5.41. The standard InChI is InChI=1S/C14H20N4O/c1-9-6-17-13(10(2)14(9)19-4)8-18-11(3)16-7-12(18)5-15/h6-7H,5,8,15H2,1-4H3. The average Bonchev–Trinajstić information content (AvgIpc) is 2.74. The summed E-state index contributed by atoms with van der Waals surface area (Å²) in [5.41, 5.74) is 9.84. The summed E-state index contributed by atoms with van der Waals surface area (Å²) in [6.45, 7) is 7.14. The first-order chi connectivity index (χ1) is 9.08. The summed E-state index contributed by atoms with van der Waals surface area (Å²) in [5.74, 6) is 1.85. The van der Waals surface area contributed by atoms with Crippen molar-refractivity contribution in [2.24, 2.45) is 5.73 Å². The van der Waals surface area contributed by atoms with Gasteiger partial charge in [0.05, 0.1) is 25.0 Å². The van der Waals surface area contributed by atoms with Crippen LogP contribution in [0.15, 0.2) is 12.4 Å². The van der Waals surface area contributed by atoms with Crippen LogP contribution in [0.2, 0.25) is 0 Å². The van der Waals surface area contributed by atoms with Crippen LogP contribution >= 0.6 is 0 Å². The molecule has 2 aromatic rings. The molecular formula is C14H20N4O. The fraction of sp³-hybridized carbons (Fsp3) is 0.429. The van der Waals surface area contributed by atoms with Crippen LogP contribution in [0, 0.1) is 20.8 Å². The molecule has 102 valence electrons. The molecule has 5 nitrogen and oxygen atoms in total. The zero-order valence-electron chi connectivity index (χ0n) is 11.9. The number of pyridine rings is 1. The van der Waals surface area contributed by atoms with Gasteiger partial charge in [0.15, 0.2) is 0 Å². The summed E-state index contributed by atoms with van der Waals surface area (Å²) in [5, 5.41) is 0. The smallest absolute Gasteiger partial charge is 0.128 e. The Hall–Kier alpha value is -1.88. The van der Waals surface area contributed by atoms with Gasteiger partial charge in [-0.15, -0.1) is 0 Å². The van der Waals surface area contributed by atoms with E-state index in [1.54, 1.807) is 7.11 Å². The number of nitrogens with zero attached hydrogens (tertiary/aromatic N) is 3. The van der Waals surface area contributed by atoms with Crippen LogP contribution in [0.4, 0.5) is 0 Å². The maximum atomic E-state index is 5.73. The highest BCUT2D eigenvalue weighted by Crippen LogP contribution is 2.24. The lowest BCUT2D eigenvalue weighted by Crippen LogP contribution is -2.12. The molecule has 0 saturated heterocycles. The monoisotopic (exact) mass is 260 g/mol. The molecule has 0 radical (unpaired) electrons. The molecule has 0 unspecified atom stereocenters. The molecule has 2 rings (SSSR count). The van der Waals surface area contributed by atoms with Crippen LogP contribution in [0.1, 0.15) is 28.3 Å². The van der Waals surface area contributed by atoms with Gasteiger partial charge in [-0.2, -0.15) is 0 Å². The summed E-state index contributed by atoms with van der Waals surface area (Å²) in [4.78, 5) is 8.81. The first-order valence-corrected chi connectivity index (χ1v) is 6.28. The van der Waals surface area contributed by atoms with Crippen molar-refractivity contribution in [3.05, 3.63) is 40.7 Å². The van der Waals surface area contributed by atoms with E-state index in [1.807, 2.05) is 33.2 Å². The third-order valence-corrected chi connectivity index (χ3v) is 3.40. The Morgan fingerprint density at radius 1 is 1.21 bits per heavy atom. The number of rotatable bonds is 4. The van der Waals surface area contributed by atoms with Gasteiger partial charge in [-0.3, -0.25) is 4.98 Å². The SMILES string of the molecule is COc1c(C)cnc(Cn2c(CN)cnc2C)c1C. The van der Waals surface area contributed by atoms with E-state index >= 15 is 0 Å². The number of ether oxygens (including phenoxy) is 1. The average molecular weight is 260 g/mol. The molecule has 19 heavy (non-hydrogen) atoms. The highest BCUT2D eigenvalue weighted by atomic mass is 16.5. The second-order valence-electron chi connectivity index (χ2n) is 4.63. The summed E-state index contributed by atoms with van der Waals surface area (Å²) >= 11 is 0. The van der Waals surface area contributed by atoms with Gasteiger partial charge in [-0.1, -0.05) is 0 Å². The second-order valence-corrected chi connectivity index (χ2v) is 4.63. The van der Waals surface area contributed by atoms with Gasteiger partial charge in [0, 0.05) is 30.1 Å². The van der Waals surface area contributed by atoms with Gasteiger partial charge < -0.3 is 15.0 Å². The van der Waals surface area contributed by atoms with Gasteiger partial charge in [-0.25, -0.2) is 4.98 Å². The topological polar surface area (TPSA) is 66.0 Å². The van der Waals surface area contributed by atoms with Crippen molar-refractivity contribution in [3.8, 4) is 5.75 Å². The van der Waals surface area contributed by atoms with E-state index in [0.717, 1.165) is 34.1 Å². The normalized spacial score (nSPS) is 10.8. The Bertz CT molecular complexity index is 589. The Morgan fingerprint density at radius 2 is 1.95 bits per heavy atom. The largest absolute Gasteiger partial charge is 0.496 e. The van der Waals surface area contributed by atoms with E-state index in [-0.39, 0.29) is 0 Å². The van der Waals surface area contributed by atoms with Crippen molar-refractivity contribution in [2.45, 2.75) is 33.9 Å². The Balaban J connectivity index is 2.41. The summed E-state index contributed by atoms with van der Waals surface area (Å²) in [6.07, 6.45) is 3.66. The molecule has 0 aliphatic heterocycles. The lowest BCUT2D eigenvalue weighted by molar-refractivity contribution is 0.406. The quantitative estimate of drug-likeness (QED) is 0.909. The maximum absolute atomic E-state index is 5.73. The van der Waals surface area contributed by atoms with Crippen LogP contribution in [-0.4, -0.2) is 21.6 Å². The van der Waals surface area contributed by atoms with Crippen LogP contribution in [0.25, 0.3) is 0 Å². The predicted octanol–water partition coefficient (Wildman–Crippen LogP) is 1.72. The molecule has 0 fully saturated rings. The predicted molar refractivity (Wildman–Crippen MR) is 74.2 cm³/mol. The number of imidazole rings is 1. The molecule has 0 amide bonds. The number of methoxy groups -OCH3 is 1. The van der Waals surface area contributed by atoms with E-state index in [0.29, 0.717) is 13.1 Å². The third kappa shape index (κ3) is 2.46. The molecule has 0 saturated carbocycles. The lowest BCUT2D eigenvalue weighted by atomic mass is 10.1. The fourth-order valence-electron chi connectivity index (χ4n) is 2.27. The molecule has 2 heterocycles. The van der Waals surface area contributed by atoms with E-state index in [2.05, 4.69) is 14.5 Å². The van der Waals surface area contributed by atoms with Crippen molar-refractivity contribution in [1.29, 1.82) is 0 Å². The molecule has 5 heteroatoms. The summed E-state index contributed by atoms with van der Waals surface area (Å²) < 4.78 is 7.52. The van der Waals surface area contributed by atoms with Crippen LogP contribution in [0.5, 0.6) is 5.75 Å². The maximum Gasteiger partial charge on any atom is 0.128 e. The van der Waals surface area contributed by atoms with Gasteiger partial charge in [0.1, 0.15) is 11.6 Å². The van der Waals surface area contributed by atoms with Crippen molar-refractivity contribution in [3.63, 3.8) is 0 Å². The molecule has 2 aromatic heterocycles. The zero-order chi connectivity index (χ0) is 14.0. The number of hydrogen-bond acceptors (Lipinski definition) is 4. The van der Waals surface area contributed by atoms with Crippen LogP contribution in [-0.2, 0) is 13.1 Å². The molecular weight excluding hydrogens is 240 g/mol. The highest BCUT2D eigenvalue weighted by Gasteiger charge is 2.12. The molecule has 0 aliphatic rings. The van der Waals surface area contributed by atoms with E-state index < -0.39 is 0 Å². The minimum atomic E-state index is 0.475. The van der Waals surface area contributed by atoms with Gasteiger partial charge in [0.25, 0.3) is 0 Å². The molecule has 0 aromatic carbocycles. The molecule has 2 N–H and O–H groups in total. The molecule has 0 aliphatic carbocycles. The van der Waals surface area contributed by atoms with Crippen molar-refractivity contribution < 1.29 is 4.74 Å². The minimum Gasteiger partial charge on any atom is -0.496 e. The zero-order valence-corrected chi connectivity index (χ0v) is 11.9. The number of hydrogen-bond donors (Lipinski definition) is 1. The molecule has 0 spiro atoms. The van der Waals surface area contributed by atoms with Crippen molar-refractivity contribution in [1.82, 2.24) is 14.5 Å². The lowest BCUT2D eigenvalue weighted by Gasteiger charge is -2.14. The number of aryl methyl sites for hydroxylation is 2. The number of nitrogens with two attached hydrogens (primary N) is 1. The van der Waals surface area contributed by atoms with E-state index in [1.165, 1.54) is 0 Å². The van der Waals surface area contributed by atoms with E-state index in [9.17, 15) is 0 Å². The van der Waals surface area contributed by atoms with Gasteiger partial charge in [-0.05, 0) is 20.8 Å². The van der Waals surface area contributed by atoms with Crippen LogP contribution in [0.3, 0.4) is 0 Å². The second kappa shape index (κ2) is 5.40. The van der Waals surface area contributed by atoms with Gasteiger partial charge in [0.2, 0.25) is 0 Å². The van der Waals surface area contributed by atoms with Crippen LogP contribution < -0.4 is 10.5 Å². The first-order valence-electron chi connectivity index (χ1n) is 6.28. The summed E-state index contributed by atoms with van der Waals surface area (Å²) in [7, 11) is 1.69. The summed E-state index contributed by atoms with van der Waals surface area (Å²) in [6, 6.07) is 0. The first kappa shape index (κ1) is 13.5. The van der Waals surface area contributed by atoms with Crippen molar-refractivity contribution >= 4 is 0 Å². The Morgan fingerprint density at radius 3 is 2.58 bits per heavy atom. The van der Waals surface area contributed by atoms with E-state index in [4.69, 9.17) is 10.5 Å². The minimum absolute atomic E-state index is 0.475. The Labute approximate surface area is 113 Å². The fourth-order valence-corrected chi connectivity index (χ4v) is 2.27. The Kier molecular flexibility index (Phi) is 3.85. The number of aromatic nitrogens is 3. The molecule has 0 bridgehead atoms. The third-order valence-electron chi connectivity index (χ3n) is 3.40. The van der Waals surface area contributed by atoms with Crippen molar-refractivity contribution in [2.75, 3.05) is 7.11 Å². The molecule has 0 atom stereocenters. The van der Waals surface area contributed by atoms with Gasteiger partial charge >= 0.3 is 0 Å².